The third-order valence-electron chi connectivity index (χ3n) is 3.26. The van der Waals surface area contributed by atoms with Gasteiger partial charge in [0, 0.05) is 13.2 Å². The van der Waals surface area contributed by atoms with Crippen molar-refractivity contribution in [1.29, 1.82) is 0 Å². The van der Waals surface area contributed by atoms with Crippen molar-refractivity contribution in [3.05, 3.63) is 29.8 Å². The van der Waals surface area contributed by atoms with Crippen molar-refractivity contribution in [3.63, 3.8) is 0 Å². The molecule has 0 amide bonds. The summed E-state index contributed by atoms with van der Waals surface area (Å²) in [6.07, 6.45) is 2.32. The minimum absolute atomic E-state index is 0.0469. The topological polar surface area (TPSA) is 39.7 Å². The van der Waals surface area contributed by atoms with Gasteiger partial charge in [-0.25, -0.2) is 0 Å². The zero-order chi connectivity index (χ0) is 15.3. The van der Waals surface area contributed by atoms with E-state index in [0.717, 1.165) is 43.9 Å². The van der Waals surface area contributed by atoms with Gasteiger partial charge in [0.1, 0.15) is 5.75 Å². The van der Waals surface area contributed by atoms with E-state index in [-0.39, 0.29) is 6.10 Å². The van der Waals surface area contributed by atoms with Crippen LogP contribution >= 0.6 is 0 Å². The summed E-state index contributed by atoms with van der Waals surface area (Å²) in [6.45, 7) is 8.08. The van der Waals surface area contributed by atoms with Crippen molar-refractivity contribution in [2.75, 3.05) is 40.0 Å². The first-order valence-corrected chi connectivity index (χ1v) is 7.85. The van der Waals surface area contributed by atoms with Crippen molar-refractivity contribution in [3.8, 4) is 5.75 Å². The number of nitrogens with one attached hydrogen (secondary N) is 1. The molecule has 4 heteroatoms. The van der Waals surface area contributed by atoms with Gasteiger partial charge in [0.05, 0.1) is 26.4 Å². The number of likely N-dealkylation sites (N-methyl/N-ethyl adjacent to an activating group) is 1. The molecule has 0 saturated heterocycles. The first-order chi connectivity index (χ1) is 10.3. The molecule has 0 aliphatic rings. The maximum Gasteiger partial charge on any atom is 0.118 e. The van der Waals surface area contributed by atoms with Gasteiger partial charge in [0.25, 0.3) is 0 Å². The third kappa shape index (κ3) is 7.46. The molecule has 1 N–H and O–H groups in total. The highest BCUT2D eigenvalue weighted by Gasteiger charge is 2.11. The Hall–Kier alpha value is -1.10. The monoisotopic (exact) mass is 295 g/mol. The van der Waals surface area contributed by atoms with Crippen molar-refractivity contribution in [2.45, 2.75) is 32.8 Å². The molecule has 1 unspecified atom stereocenters. The molecule has 0 heterocycles. The number of methoxy groups -OCH3 is 1. The molecule has 4 nitrogen and oxygen atoms in total. The van der Waals surface area contributed by atoms with Gasteiger partial charge in [-0.2, -0.15) is 0 Å². The van der Waals surface area contributed by atoms with E-state index < -0.39 is 0 Å². The molecule has 1 aromatic carbocycles. The molecule has 0 fully saturated rings. The predicted molar refractivity (Wildman–Crippen MR) is 86.0 cm³/mol. The zero-order valence-electron chi connectivity index (χ0n) is 13.6. The van der Waals surface area contributed by atoms with E-state index in [2.05, 4.69) is 31.3 Å². The lowest BCUT2D eigenvalue weighted by molar-refractivity contribution is 0.00378. The molecule has 0 aliphatic heterocycles. The average Bonchev–Trinajstić information content (AvgIpc) is 2.53. The van der Waals surface area contributed by atoms with Crippen LogP contribution in [0.15, 0.2) is 24.3 Å². The van der Waals surface area contributed by atoms with Crippen LogP contribution in [0.2, 0.25) is 0 Å². The first-order valence-electron chi connectivity index (χ1n) is 7.85. The van der Waals surface area contributed by atoms with Gasteiger partial charge in [0.15, 0.2) is 0 Å². The van der Waals surface area contributed by atoms with Gasteiger partial charge >= 0.3 is 0 Å². The average molecular weight is 295 g/mol. The van der Waals surface area contributed by atoms with Crippen LogP contribution in [0.4, 0.5) is 0 Å². The highest BCUT2D eigenvalue weighted by Crippen LogP contribution is 2.20. The fraction of sp³-hybridized carbons (Fsp3) is 0.647. The highest BCUT2D eigenvalue weighted by molar-refractivity contribution is 5.28. The van der Waals surface area contributed by atoms with Gasteiger partial charge in [-0.05, 0) is 30.7 Å². The second kappa shape index (κ2) is 11.5. The normalized spacial score (nSPS) is 12.3. The lowest BCUT2D eigenvalue weighted by Crippen LogP contribution is -2.24. The molecule has 0 bridgehead atoms. The summed E-state index contributed by atoms with van der Waals surface area (Å²) in [5.41, 5.74) is 1.16. The van der Waals surface area contributed by atoms with E-state index in [0.29, 0.717) is 13.2 Å². The molecule has 1 atom stereocenters. The summed E-state index contributed by atoms with van der Waals surface area (Å²) in [7, 11) is 1.68. The number of unbranched alkanes of at least 4 members (excludes halogenated alkanes) is 1. The van der Waals surface area contributed by atoms with Crippen molar-refractivity contribution in [2.24, 2.45) is 0 Å². The molecule has 1 rings (SSSR count). The molecule has 0 saturated carbocycles. The molecule has 1 aromatic rings. The Labute approximate surface area is 128 Å². The molecular formula is C17H29NO3. The molecule has 0 aromatic heterocycles. The summed E-state index contributed by atoms with van der Waals surface area (Å²) in [4.78, 5) is 0. The Morgan fingerprint density at radius 3 is 2.43 bits per heavy atom. The van der Waals surface area contributed by atoms with E-state index in [1.807, 2.05) is 12.1 Å². The molecule has 21 heavy (non-hydrogen) atoms. The predicted octanol–water partition coefficient (Wildman–Crippen LogP) is 3.18. The van der Waals surface area contributed by atoms with Gasteiger partial charge in [-0.15, -0.1) is 0 Å². The van der Waals surface area contributed by atoms with Crippen molar-refractivity contribution >= 4 is 0 Å². The van der Waals surface area contributed by atoms with Crippen LogP contribution in [0.5, 0.6) is 5.75 Å². The Bertz CT molecular complexity index is 354. The van der Waals surface area contributed by atoms with Crippen molar-refractivity contribution < 1.29 is 14.2 Å². The number of rotatable bonds is 12. The quantitative estimate of drug-likeness (QED) is 0.601. The minimum Gasteiger partial charge on any atom is -0.497 e. The van der Waals surface area contributed by atoms with Crippen molar-refractivity contribution in [1.82, 2.24) is 5.32 Å². The largest absolute Gasteiger partial charge is 0.497 e. The Morgan fingerprint density at radius 2 is 1.81 bits per heavy atom. The summed E-state index contributed by atoms with van der Waals surface area (Å²) in [5.74, 6) is 0.865. The van der Waals surface area contributed by atoms with E-state index >= 15 is 0 Å². The number of ether oxygens (including phenoxy) is 3. The van der Waals surface area contributed by atoms with Gasteiger partial charge in [0.2, 0.25) is 0 Å². The number of hydrogen-bond donors (Lipinski definition) is 1. The number of benzene rings is 1. The second-order valence-corrected chi connectivity index (χ2v) is 4.91. The summed E-state index contributed by atoms with van der Waals surface area (Å²) < 4.78 is 16.7. The first kappa shape index (κ1) is 18.0. The number of hydrogen-bond acceptors (Lipinski definition) is 4. The fourth-order valence-corrected chi connectivity index (χ4v) is 1.96. The Morgan fingerprint density at radius 1 is 1.05 bits per heavy atom. The Balaban J connectivity index is 2.42. The highest BCUT2D eigenvalue weighted by atomic mass is 16.5. The maximum atomic E-state index is 5.96. The molecule has 0 radical (unpaired) electrons. The second-order valence-electron chi connectivity index (χ2n) is 4.91. The molecule has 0 aliphatic carbocycles. The molecule has 0 spiro atoms. The van der Waals surface area contributed by atoms with Crippen LogP contribution in [-0.2, 0) is 9.47 Å². The van der Waals surface area contributed by atoms with Crippen LogP contribution in [0.25, 0.3) is 0 Å². The van der Waals surface area contributed by atoms with Gasteiger partial charge in [-0.1, -0.05) is 32.4 Å². The fourth-order valence-electron chi connectivity index (χ4n) is 1.96. The SMILES string of the molecule is CCCCOCCOC(CNCC)c1ccc(OC)cc1. The van der Waals surface area contributed by atoms with Gasteiger partial charge < -0.3 is 19.5 Å². The molecule has 120 valence electrons. The summed E-state index contributed by atoms with van der Waals surface area (Å²) in [5, 5.41) is 3.34. The van der Waals surface area contributed by atoms with E-state index in [1.54, 1.807) is 7.11 Å². The molecular weight excluding hydrogens is 266 g/mol. The Kier molecular flexibility index (Phi) is 9.87. The van der Waals surface area contributed by atoms with Crippen LogP contribution in [0.1, 0.15) is 38.4 Å². The van der Waals surface area contributed by atoms with E-state index in [9.17, 15) is 0 Å². The van der Waals surface area contributed by atoms with Crippen LogP contribution in [0.3, 0.4) is 0 Å². The van der Waals surface area contributed by atoms with Crippen LogP contribution < -0.4 is 10.1 Å². The smallest absolute Gasteiger partial charge is 0.118 e. The van der Waals surface area contributed by atoms with E-state index in [1.165, 1.54) is 0 Å². The standard InChI is InChI=1S/C17H29NO3/c1-4-6-11-20-12-13-21-17(14-18-5-2)15-7-9-16(19-3)10-8-15/h7-10,17-18H,4-6,11-14H2,1-3H3. The zero-order valence-corrected chi connectivity index (χ0v) is 13.6. The van der Waals surface area contributed by atoms with E-state index in [4.69, 9.17) is 14.2 Å². The lowest BCUT2D eigenvalue weighted by atomic mass is 10.1. The van der Waals surface area contributed by atoms with Crippen LogP contribution in [-0.4, -0.2) is 40.0 Å². The summed E-state index contributed by atoms with van der Waals surface area (Å²) >= 11 is 0. The maximum absolute atomic E-state index is 5.96. The summed E-state index contributed by atoms with van der Waals surface area (Å²) in [6, 6.07) is 8.04. The minimum atomic E-state index is 0.0469. The van der Waals surface area contributed by atoms with Crippen LogP contribution in [0, 0.1) is 0 Å². The van der Waals surface area contributed by atoms with Gasteiger partial charge in [-0.3, -0.25) is 0 Å². The third-order valence-corrected chi connectivity index (χ3v) is 3.26. The lowest BCUT2D eigenvalue weighted by Gasteiger charge is -2.19.